The summed E-state index contributed by atoms with van der Waals surface area (Å²) in [5.74, 6) is 1.07. The number of furan rings is 1. The van der Waals surface area contributed by atoms with Gasteiger partial charge in [0.15, 0.2) is 0 Å². The molecule has 0 saturated heterocycles. The molecule has 2 rings (SSSR count). The molecule has 71 valence electrons. The Morgan fingerprint density at radius 1 is 1.46 bits per heavy atom. The normalized spacial score (nSPS) is 29.1. The summed E-state index contributed by atoms with van der Waals surface area (Å²) in [7, 11) is 0. The predicted octanol–water partition coefficient (Wildman–Crippen LogP) is 2.41. The van der Waals surface area contributed by atoms with Gasteiger partial charge in [-0.05, 0) is 19.8 Å². The van der Waals surface area contributed by atoms with Crippen LogP contribution in [0.4, 0.5) is 0 Å². The average molecular weight is 179 g/mol. The van der Waals surface area contributed by atoms with Gasteiger partial charge >= 0.3 is 0 Å². The first-order valence-electron chi connectivity index (χ1n) is 4.93. The Kier molecular flexibility index (Phi) is 2.40. The second kappa shape index (κ2) is 3.54. The first kappa shape index (κ1) is 8.82. The van der Waals surface area contributed by atoms with Crippen LogP contribution in [0.3, 0.4) is 0 Å². The van der Waals surface area contributed by atoms with Gasteiger partial charge in [0.25, 0.3) is 0 Å². The van der Waals surface area contributed by atoms with E-state index in [4.69, 9.17) is 4.42 Å². The van der Waals surface area contributed by atoms with Crippen molar-refractivity contribution in [3.63, 3.8) is 0 Å². The van der Waals surface area contributed by atoms with Crippen LogP contribution in [0.25, 0.3) is 0 Å². The van der Waals surface area contributed by atoms with Gasteiger partial charge in [0.05, 0.1) is 12.4 Å². The quantitative estimate of drug-likeness (QED) is 0.718. The van der Waals surface area contributed by atoms with Crippen molar-refractivity contribution in [3.8, 4) is 0 Å². The fraction of sp³-hybridized carbons (Fsp3) is 0.636. The maximum Gasteiger partial charge on any atom is 0.108 e. The highest BCUT2D eigenvalue weighted by Crippen LogP contribution is 2.33. The molecule has 1 aromatic rings. The summed E-state index contributed by atoms with van der Waals surface area (Å²) in [6, 6.07) is 3.15. The molecule has 2 unspecified atom stereocenters. The van der Waals surface area contributed by atoms with Gasteiger partial charge in [-0.15, -0.1) is 0 Å². The molecule has 2 atom stereocenters. The molecule has 2 heteroatoms. The lowest BCUT2D eigenvalue weighted by Gasteiger charge is -2.26. The summed E-state index contributed by atoms with van der Waals surface area (Å²) < 4.78 is 5.20. The van der Waals surface area contributed by atoms with Gasteiger partial charge in [-0.25, -0.2) is 0 Å². The molecular formula is C11H15O2. The molecule has 0 spiro atoms. The van der Waals surface area contributed by atoms with E-state index < -0.39 is 0 Å². The molecule has 1 aromatic heterocycles. The van der Waals surface area contributed by atoms with Crippen molar-refractivity contribution in [3.05, 3.63) is 23.7 Å². The van der Waals surface area contributed by atoms with Crippen LogP contribution in [-0.4, -0.2) is 11.2 Å². The Morgan fingerprint density at radius 3 is 2.85 bits per heavy atom. The molecule has 1 heterocycles. The van der Waals surface area contributed by atoms with E-state index in [1.807, 2.05) is 6.92 Å². The standard InChI is InChI=1S/C11H15O2/c1-8-6-9(7-13-8)10-4-2-3-5-11(10)12/h7,10-12H,2-5H2,1H3. The van der Waals surface area contributed by atoms with Crippen molar-refractivity contribution in [1.29, 1.82) is 0 Å². The van der Waals surface area contributed by atoms with Gasteiger partial charge in [-0.1, -0.05) is 12.8 Å². The third-order valence-corrected chi connectivity index (χ3v) is 2.81. The van der Waals surface area contributed by atoms with Gasteiger partial charge in [0.1, 0.15) is 5.76 Å². The highest BCUT2D eigenvalue weighted by Gasteiger charge is 2.25. The maximum absolute atomic E-state index is 9.77. The summed E-state index contributed by atoms with van der Waals surface area (Å²) in [5.41, 5.74) is 1.05. The van der Waals surface area contributed by atoms with Crippen LogP contribution >= 0.6 is 0 Å². The van der Waals surface area contributed by atoms with E-state index in [0.29, 0.717) is 0 Å². The third-order valence-electron chi connectivity index (χ3n) is 2.81. The minimum atomic E-state index is -0.193. The lowest BCUT2D eigenvalue weighted by molar-refractivity contribution is 0.106. The number of aliphatic hydroxyl groups is 1. The zero-order valence-electron chi connectivity index (χ0n) is 7.92. The average Bonchev–Trinajstić information content (AvgIpc) is 2.53. The van der Waals surface area contributed by atoms with Crippen LogP contribution in [0.15, 0.2) is 10.7 Å². The fourth-order valence-electron chi connectivity index (χ4n) is 2.07. The van der Waals surface area contributed by atoms with Gasteiger partial charge in [-0.2, -0.15) is 0 Å². The Hall–Kier alpha value is -0.760. The van der Waals surface area contributed by atoms with Crippen LogP contribution < -0.4 is 0 Å². The lowest BCUT2D eigenvalue weighted by atomic mass is 9.83. The maximum atomic E-state index is 9.77. The first-order chi connectivity index (χ1) is 6.27. The predicted molar refractivity (Wildman–Crippen MR) is 49.5 cm³/mol. The highest BCUT2D eigenvalue weighted by molar-refractivity contribution is 5.17. The molecule has 1 aliphatic rings. The van der Waals surface area contributed by atoms with Crippen molar-refractivity contribution in [2.75, 3.05) is 0 Å². The van der Waals surface area contributed by atoms with Gasteiger partial charge in [0.2, 0.25) is 0 Å². The number of rotatable bonds is 1. The van der Waals surface area contributed by atoms with Crippen LogP contribution in [0, 0.1) is 13.0 Å². The smallest absolute Gasteiger partial charge is 0.108 e. The molecule has 0 aliphatic heterocycles. The lowest BCUT2D eigenvalue weighted by Crippen LogP contribution is -2.22. The molecule has 1 N–H and O–H groups in total. The van der Waals surface area contributed by atoms with E-state index in [-0.39, 0.29) is 12.0 Å². The number of hydrogen-bond donors (Lipinski definition) is 1. The molecule has 0 bridgehead atoms. The minimum Gasteiger partial charge on any atom is -0.469 e. The second-order valence-electron chi connectivity index (χ2n) is 3.83. The monoisotopic (exact) mass is 179 g/mol. The highest BCUT2D eigenvalue weighted by atomic mass is 16.3. The SMILES string of the molecule is Cc1[c]c(C2CCCCC2O)co1. The van der Waals surface area contributed by atoms with E-state index >= 15 is 0 Å². The molecule has 0 aromatic carbocycles. The number of aliphatic hydroxyl groups excluding tert-OH is 1. The molecular weight excluding hydrogens is 164 g/mol. The van der Waals surface area contributed by atoms with Crippen LogP contribution in [-0.2, 0) is 0 Å². The van der Waals surface area contributed by atoms with Crippen LogP contribution in [0.5, 0.6) is 0 Å². The van der Waals surface area contributed by atoms with E-state index in [0.717, 1.165) is 30.6 Å². The number of aryl methyl sites for hydroxylation is 1. The first-order valence-corrected chi connectivity index (χ1v) is 4.93. The zero-order chi connectivity index (χ0) is 9.26. The van der Waals surface area contributed by atoms with E-state index in [9.17, 15) is 5.11 Å². The summed E-state index contributed by atoms with van der Waals surface area (Å²) in [6.07, 6.45) is 5.88. The minimum absolute atomic E-state index is 0.193. The van der Waals surface area contributed by atoms with E-state index in [1.54, 1.807) is 6.26 Å². The Morgan fingerprint density at radius 2 is 2.23 bits per heavy atom. The molecule has 2 nitrogen and oxygen atoms in total. The van der Waals surface area contributed by atoms with E-state index in [1.165, 1.54) is 6.42 Å². The molecule has 1 radical (unpaired) electrons. The van der Waals surface area contributed by atoms with Gasteiger partial charge in [-0.3, -0.25) is 0 Å². The molecule has 1 fully saturated rings. The summed E-state index contributed by atoms with van der Waals surface area (Å²) in [6.45, 7) is 1.89. The topological polar surface area (TPSA) is 33.4 Å². The van der Waals surface area contributed by atoms with Crippen LogP contribution in [0.1, 0.15) is 42.9 Å². The van der Waals surface area contributed by atoms with Crippen molar-refractivity contribution in [1.82, 2.24) is 0 Å². The summed E-state index contributed by atoms with van der Waals surface area (Å²) in [5, 5.41) is 9.77. The fourth-order valence-corrected chi connectivity index (χ4v) is 2.07. The third kappa shape index (κ3) is 1.78. The van der Waals surface area contributed by atoms with Crippen molar-refractivity contribution < 1.29 is 9.52 Å². The van der Waals surface area contributed by atoms with Crippen LogP contribution in [0.2, 0.25) is 0 Å². The van der Waals surface area contributed by atoms with E-state index in [2.05, 4.69) is 6.07 Å². The van der Waals surface area contributed by atoms with Crippen molar-refractivity contribution in [2.24, 2.45) is 0 Å². The van der Waals surface area contributed by atoms with Crippen molar-refractivity contribution in [2.45, 2.75) is 44.6 Å². The number of hydrogen-bond acceptors (Lipinski definition) is 2. The largest absolute Gasteiger partial charge is 0.469 e. The Balaban J connectivity index is 2.14. The molecule has 1 aliphatic carbocycles. The van der Waals surface area contributed by atoms with Crippen molar-refractivity contribution >= 4 is 0 Å². The Bertz CT molecular complexity index is 277. The molecule has 0 amide bonds. The molecule has 1 saturated carbocycles. The molecule has 13 heavy (non-hydrogen) atoms. The van der Waals surface area contributed by atoms with Gasteiger partial charge < -0.3 is 9.52 Å². The van der Waals surface area contributed by atoms with Gasteiger partial charge in [0, 0.05) is 17.5 Å². The second-order valence-corrected chi connectivity index (χ2v) is 3.83. The summed E-state index contributed by atoms with van der Waals surface area (Å²) in [4.78, 5) is 0. The zero-order valence-corrected chi connectivity index (χ0v) is 7.92. The Labute approximate surface area is 78.6 Å². The summed E-state index contributed by atoms with van der Waals surface area (Å²) >= 11 is 0.